The van der Waals surface area contributed by atoms with Gasteiger partial charge < -0.3 is 4.90 Å². The molecule has 0 amide bonds. The van der Waals surface area contributed by atoms with E-state index >= 15 is 0 Å². The normalized spacial score (nSPS) is 11.2. The van der Waals surface area contributed by atoms with Gasteiger partial charge >= 0.3 is 0 Å². The summed E-state index contributed by atoms with van der Waals surface area (Å²) in [4.78, 5) is 13.2. The molecule has 0 radical (unpaired) electrons. The van der Waals surface area contributed by atoms with Crippen LogP contribution in [-0.2, 0) is 4.79 Å². The molecule has 0 bridgehead atoms. The van der Waals surface area contributed by atoms with E-state index in [1.165, 1.54) is 12.2 Å². The van der Waals surface area contributed by atoms with Gasteiger partial charge in [-0.15, -0.1) is 0 Å². The van der Waals surface area contributed by atoms with E-state index in [-0.39, 0.29) is 5.78 Å². The molecule has 0 saturated carbocycles. The molecule has 0 aliphatic heterocycles. The van der Waals surface area contributed by atoms with Crippen molar-refractivity contribution in [3.05, 3.63) is 53.2 Å². The summed E-state index contributed by atoms with van der Waals surface area (Å²) in [6.45, 7) is 0. The molecule has 2 nitrogen and oxygen atoms in total. The first kappa shape index (κ1) is 12.5. The lowest BCUT2D eigenvalue weighted by atomic mass is 10.2. The van der Waals surface area contributed by atoms with Gasteiger partial charge in [-0.05, 0) is 23.8 Å². The van der Waals surface area contributed by atoms with E-state index in [1.54, 1.807) is 24.4 Å². The van der Waals surface area contributed by atoms with Crippen LogP contribution in [0.3, 0.4) is 0 Å². The monoisotopic (exact) mass is 235 g/mol. The molecule has 1 aromatic rings. The van der Waals surface area contributed by atoms with E-state index in [2.05, 4.69) is 0 Å². The highest BCUT2D eigenvalue weighted by molar-refractivity contribution is 6.30. The Morgan fingerprint density at radius 3 is 2.38 bits per heavy atom. The van der Waals surface area contributed by atoms with Crippen LogP contribution in [0.1, 0.15) is 5.56 Å². The van der Waals surface area contributed by atoms with Gasteiger partial charge in [0.1, 0.15) is 0 Å². The second-order valence-electron chi connectivity index (χ2n) is 3.57. The number of carbonyl (C=O) groups excluding carboxylic acids is 1. The zero-order chi connectivity index (χ0) is 12.0. The number of hydrogen-bond donors (Lipinski definition) is 0. The Morgan fingerprint density at radius 2 is 1.81 bits per heavy atom. The average Bonchev–Trinajstić information content (AvgIpc) is 2.25. The Labute approximate surface area is 101 Å². The predicted octanol–water partition coefficient (Wildman–Crippen LogP) is 3.00. The van der Waals surface area contributed by atoms with Crippen molar-refractivity contribution < 1.29 is 4.79 Å². The number of carbonyl (C=O) groups is 1. The van der Waals surface area contributed by atoms with E-state index in [4.69, 9.17) is 11.6 Å². The average molecular weight is 236 g/mol. The van der Waals surface area contributed by atoms with Crippen molar-refractivity contribution in [3.8, 4) is 0 Å². The van der Waals surface area contributed by atoms with E-state index in [9.17, 15) is 4.79 Å². The summed E-state index contributed by atoms with van der Waals surface area (Å²) in [7, 11) is 3.74. The van der Waals surface area contributed by atoms with Crippen LogP contribution in [0, 0.1) is 0 Å². The lowest BCUT2D eigenvalue weighted by molar-refractivity contribution is -0.110. The fourth-order valence-electron chi connectivity index (χ4n) is 1.03. The summed E-state index contributed by atoms with van der Waals surface area (Å²) < 4.78 is 0. The number of rotatable bonds is 4. The van der Waals surface area contributed by atoms with Crippen LogP contribution >= 0.6 is 11.6 Å². The number of nitrogens with zero attached hydrogens (tertiary/aromatic N) is 1. The molecular formula is C13H14ClNO. The molecule has 0 saturated heterocycles. The number of hydrogen-bond acceptors (Lipinski definition) is 2. The van der Waals surface area contributed by atoms with E-state index in [0.717, 1.165) is 5.56 Å². The lowest BCUT2D eigenvalue weighted by Gasteiger charge is -2.01. The standard InChI is InChI=1S/C13H14ClNO/c1-15(2)10-9-13(16)8-5-11-3-6-12(14)7-4-11/h3-10H,1-2H3/b8-5-,10-9+. The van der Waals surface area contributed by atoms with Gasteiger partial charge in [-0.25, -0.2) is 0 Å². The van der Waals surface area contributed by atoms with Gasteiger partial charge in [-0.3, -0.25) is 4.79 Å². The Hall–Kier alpha value is -1.54. The highest BCUT2D eigenvalue weighted by atomic mass is 35.5. The fraction of sp³-hybridized carbons (Fsp3) is 0.154. The minimum atomic E-state index is -0.0383. The molecule has 0 spiro atoms. The molecule has 0 aliphatic carbocycles. The summed E-state index contributed by atoms with van der Waals surface area (Å²) >= 11 is 5.75. The maximum absolute atomic E-state index is 11.4. The Morgan fingerprint density at radius 1 is 1.19 bits per heavy atom. The van der Waals surface area contributed by atoms with Crippen molar-refractivity contribution in [1.82, 2.24) is 4.90 Å². The molecule has 0 atom stereocenters. The van der Waals surface area contributed by atoms with E-state index in [1.807, 2.05) is 31.1 Å². The zero-order valence-corrected chi connectivity index (χ0v) is 10.1. The highest BCUT2D eigenvalue weighted by Gasteiger charge is 1.91. The van der Waals surface area contributed by atoms with E-state index in [0.29, 0.717) is 5.02 Å². The molecule has 3 heteroatoms. The smallest absolute Gasteiger partial charge is 0.180 e. The van der Waals surface area contributed by atoms with Crippen LogP contribution in [-0.4, -0.2) is 24.8 Å². The second-order valence-corrected chi connectivity index (χ2v) is 4.00. The van der Waals surface area contributed by atoms with Crippen molar-refractivity contribution in [2.24, 2.45) is 0 Å². The summed E-state index contributed by atoms with van der Waals surface area (Å²) in [5.74, 6) is -0.0383. The van der Waals surface area contributed by atoms with E-state index < -0.39 is 0 Å². The first-order valence-corrected chi connectivity index (χ1v) is 5.28. The van der Waals surface area contributed by atoms with Gasteiger partial charge in [0.15, 0.2) is 5.78 Å². The van der Waals surface area contributed by atoms with Gasteiger partial charge in [0.25, 0.3) is 0 Å². The minimum absolute atomic E-state index is 0.0383. The molecule has 0 unspecified atom stereocenters. The Balaban J connectivity index is 2.60. The van der Waals surface area contributed by atoms with Crippen molar-refractivity contribution >= 4 is 23.5 Å². The summed E-state index contributed by atoms with van der Waals surface area (Å²) in [6, 6.07) is 7.31. The van der Waals surface area contributed by atoms with Crippen molar-refractivity contribution in [2.75, 3.05) is 14.1 Å². The van der Waals surface area contributed by atoms with Crippen LogP contribution in [0.5, 0.6) is 0 Å². The minimum Gasteiger partial charge on any atom is -0.383 e. The topological polar surface area (TPSA) is 20.3 Å². The van der Waals surface area contributed by atoms with Crippen LogP contribution in [0.2, 0.25) is 5.02 Å². The predicted molar refractivity (Wildman–Crippen MR) is 68.3 cm³/mol. The second kappa shape index (κ2) is 6.13. The molecule has 0 aromatic heterocycles. The lowest BCUT2D eigenvalue weighted by Crippen LogP contribution is -2.01. The Kier molecular flexibility index (Phi) is 4.80. The maximum Gasteiger partial charge on any atom is 0.180 e. The molecule has 1 rings (SSSR count). The zero-order valence-electron chi connectivity index (χ0n) is 9.35. The number of ketones is 1. The summed E-state index contributed by atoms with van der Waals surface area (Å²) in [5.41, 5.74) is 0.955. The first-order valence-electron chi connectivity index (χ1n) is 4.90. The molecular weight excluding hydrogens is 222 g/mol. The van der Waals surface area contributed by atoms with Crippen LogP contribution in [0.4, 0.5) is 0 Å². The highest BCUT2D eigenvalue weighted by Crippen LogP contribution is 2.10. The third-order valence-electron chi connectivity index (χ3n) is 1.85. The SMILES string of the molecule is CN(C)/C=C/C(=O)/C=C\c1ccc(Cl)cc1. The molecule has 16 heavy (non-hydrogen) atoms. The van der Waals surface area contributed by atoms with Crippen molar-refractivity contribution in [1.29, 1.82) is 0 Å². The largest absolute Gasteiger partial charge is 0.383 e. The molecule has 0 heterocycles. The van der Waals surface area contributed by atoms with Gasteiger partial charge in [-0.2, -0.15) is 0 Å². The molecule has 0 fully saturated rings. The maximum atomic E-state index is 11.4. The Bertz CT molecular complexity index is 404. The summed E-state index contributed by atoms with van der Waals surface area (Å²) in [5, 5.41) is 0.691. The third kappa shape index (κ3) is 4.80. The van der Waals surface area contributed by atoms with Crippen LogP contribution < -0.4 is 0 Å². The van der Waals surface area contributed by atoms with Gasteiger partial charge in [0.2, 0.25) is 0 Å². The van der Waals surface area contributed by atoms with Crippen molar-refractivity contribution in [2.45, 2.75) is 0 Å². The quantitative estimate of drug-likeness (QED) is 0.748. The molecule has 0 aliphatic rings. The van der Waals surface area contributed by atoms with Gasteiger partial charge in [0.05, 0.1) is 0 Å². The summed E-state index contributed by atoms with van der Waals surface area (Å²) in [6.07, 6.45) is 6.53. The van der Waals surface area contributed by atoms with Crippen LogP contribution in [0.25, 0.3) is 6.08 Å². The first-order chi connectivity index (χ1) is 7.58. The number of benzene rings is 1. The van der Waals surface area contributed by atoms with Crippen LogP contribution in [0.15, 0.2) is 42.6 Å². The molecule has 84 valence electrons. The number of halogens is 1. The fourth-order valence-corrected chi connectivity index (χ4v) is 1.16. The van der Waals surface area contributed by atoms with Gasteiger partial charge in [0, 0.05) is 31.4 Å². The number of allylic oxidation sites excluding steroid dienone is 2. The molecule has 1 aromatic carbocycles. The van der Waals surface area contributed by atoms with Gasteiger partial charge in [-0.1, -0.05) is 29.8 Å². The molecule has 0 N–H and O–H groups in total. The van der Waals surface area contributed by atoms with Crippen molar-refractivity contribution in [3.63, 3.8) is 0 Å². The third-order valence-corrected chi connectivity index (χ3v) is 2.10.